The number of anilines is 1. The van der Waals surface area contributed by atoms with Crippen molar-refractivity contribution >= 4 is 29.3 Å². The lowest BCUT2D eigenvalue weighted by Gasteiger charge is -2.30. The van der Waals surface area contributed by atoms with Crippen LogP contribution >= 0.6 is 11.6 Å². The number of carbonyl (C=O) groups excluding carboxylic acids is 1. The van der Waals surface area contributed by atoms with E-state index in [4.69, 9.17) is 11.6 Å². The molecule has 0 radical (unpaired) electrons. The molecule has 0 bridgehead atoms. The van der Waals surface area contributed by atoms with Crippen molar-refractivity contribution < 1.29 is 9.18 Å². The van der Waals surface area contributed by atoms with Gasteiger partial charge >= 0.3 is 0 Å². The Hall–Kier alpha value is -2.38. The third-order valence-electron chi connectivity index (χ3n) is 3.45. The first-order valence-corrected chi connectivity index (χ1v) is 7.28. The number of nitrogens with zero attached hydrogens (tertiary/aromatic N) is 4. The predicted octanol–water partition coefficient (Wildman–Crippen LogP) is 2.65. The Morgan fingerprint density at radius 3 is 2.96 bits per heavy atom. The van der Waals surface area contributed by atoms with Gasteiger partial charge in [0.2, 0.25) is 0 Å². The number of hydrazine groups is 1. The summed E-state index contributed by atoms with van der Waals surface area (Å²) >= 11 is 5.71. The van der Waals surface area contributed by atoms with E-state index in [1.807, 2.05) is 34.9 Å². The molecular formula is C15H15ClFN5O. The molecule has 1 aliphatic heterocycles. The van der Waals surface area contributed by atoms with Gasteiger partial charge in [-0.05, 0) is 18.2 Å². The summed E-state index contributed by atoms with van der Waals surface area (Å²) in [7, 11) is 3.84. The number of hydrogen-bond donors (Lipinski definition) is 1. The summed E-state index contributed by atoms with van der Waals surface area (Å²) in [5.74, 6) is -0.483. The van der Waals surface area contributed by atoms with Gasteiger partial charge in [-0.3, -0.25) is 9.80 Å². The Bertz CT molecular complexity index is 786. The maximum Gasteiger partial charge on any atom is 0.275 e. The van der Waals surface area contributed by atoms with E-state index >= 15 is 0 Å². The largest absolute Gasteiger partial charge is 0.318 e. The van der Waals surface area contributed by atoms with Crippen molar-refractivity contribution in [3.05, 3.63) is 53.0 Å². The fourth-order valence-corrected chi connectivity index (χ4v) is 2.36. The molecule has 1 aliphatic rings. The fraction of sp³-hybridized carbons (Fsp3) is 0.200. The molecule has 0 spiro atoms. The summed E-state index contributed by atoms with van der Waals surface area (Å²) in [6.45, 7) is 0.546. The van der Waals surface area contributed by atoms with Gasteiger partial charge in [-0.1, -0.05) is 17.7 Å². The Labute approximate surface area is 137 Å². The van der Waals surface area contributed by atoms with Crippen LogP contribution in [-0.4, -0.2) is 39.6 Å². The van der Waals surface area contributed by atoms with Gasteiger partial charge < -0.3 is 9.88 Å². The van der Waals surface area contributed by atoms with Crippen molar-refractivity contribution in [3.8, 4) is 0 Å². The van der Waals surface area contributed by atoms with Crippen molar-refractivity contribution in [3.63, 3.8) is 0 Å². The number of halogens is 2. The summed E-state index contributed by atoms with van der Waals surface area (Å²) in [6, 6.07) is 4.43. The molecule has 1 aromatic carbocycles. The zero-order valence-electron chi connectivity index (χ0n) is 12.6. The lowest BCUT2D eigenvalue weighted by atomic mass is 10.3. The predicted molar refractivity (Wildman–Crippen MR) is 86.2 cm³/mol. The molecule has 0 saturated heterocycles. The van der Waals surface area contributed by atoms with E-state index < -0.39 is 11.7 Å². The number of hydrogen-bond acceptors (Lipinski definition) is 4. The van der Waals surface area contributed by atoms with Gasteiger partial charge in [-0.15, -0.1) is 0 Å². The smallest absolute Gasteiger partial charge is 0.275 e. The van der Waals surface area contributed by atoms with Gasteiger partial charge in [-0.2, -0.15) is 0 Å². The van der Waals surface area contributed by atoms with Crippen LogP contribution in [0, 0.1) is 5.82 Å². The summed E-state index contributed by atoms with van der Waals surface area (Å²) in [5, 5.41) is 6.31. The zero-order chi connectivity index (χ0) is 16.6. The molecular weight excluding hydrogens is 321 g/mol. The first-order chi connectivity index (χ1) is 11.0. The third-order valence-corrected chi connectivity index (χ3v) is 3.74. The summed E-state index contributed by atoms with van der Waals surface area (Å²) in [6.07, 6.45) is 5.31. The quantitative estimate of drug-likeness (QED) is 0.937. The number of amides is 1. The minimum Gasteiger partial charge on any atom is -0.318 e. The lowest BCUT2D eigenvalue weighted by molar-refractivity contribution is 0.0466. The number of carbonyl (C=O) groups is 1. The molecule has 0 saturated carbocycles. The first-order valence-electron chi connectivity index (χ1n) is 6.90. The maximum absolute atomic E-state index is 13.8. The molecule has 0 aliphatic carbocycles. The molecule has 1 N–H and O–H groups in total. The highest BCUT2D eigenvalue weighted by Gasteiger charge is 2.19. The Morgan fingerprint density at radius 2 is 2.22 bits per heavy atom. The monoisotopic (exact) mass is 335 g/mol. The highest BCUT2D eigenvalue weighted by Crippen LogP contribution is 2.22. The molecule has 120 valence electrons. The maximum atomic E-state index is 13.8. The Balaban J connectivity index is 1.80. The highest BCUT2D eigenvalue weighted by molar-refractivity contribution is 6.31. The molecule has 8 heteroatoms. The summed E-state index contributed by atoms with van der Waals surface area (Å²) < 4.78 is 15.7. The second-order valence-corrected chi connectivity index (χ2v) is 5.66. The second-order valence-electron chi connectivity index (χ2n) is 5.25. The van der Waals surface area contributed by atoms with Gasteiger partial charge in [0.15, 0.2) is 5.82 Å². The van der Waals surface area contributed by atoms with Crippen LogP contribution in [0.2, 0.25) is 5.02 Å². The van der Waals surface area contributed by atoms with E-state index in [-0.39, 0.29) is 16.4 Å². The highest BCUT2D eigenvalue weighted by atomic mass is 35.5. The number of imidazole rings is 1. The topological polar surface area (TPSA) is 53.4 Å². The second kappa shape index (κ2) is 6.02. The normalized spacial score (nSPS) is 13.3. The summed E-state index contributed by atoms with van der Waals surface area (Å²) in [4.78, 5) is 16.5. The molecule has 0 fully saturated rings. The van der Waals surface area contributed by atoms with Crippen molar-refractivity contribution in [1.29, 1.82) is 0 Å². The molecule has 23 heavy (non-hydrogen) atoms. The van der Waals surface area contributed by atoms with Gasteiger partial charge in [0.05, 0.1) is 10.7 Å². The average Bonchev–Trinajstić information content (AvgIpc) is 2.95. The molecule has 1 aromatic heterocycles. The minimum atomic E-state index is -0.662. The van der Waals surface area contributed by atoms with E-state index in [1.54, 1.807) is 18.3 Å². The van der Waals surface area contributed by atoms with E-state index in [0.29, 0.717) is 12.5 Å². The number of nitrogens with one attached hydrogen (secondary N) is 1. The van der Waals surface area contributed by atoms with Crippen LogP contribution < -0.4 is 5.32 Å². The van der Waals surface area contributed by atoms with Crippen molar-refractivity contribution in [2.75, 3.05) is 19.4 Å². The molecule has 6 nitrogen and oxygen atoms in total. The van der Waals surface area contributed by atoms with Crippen LogP contribution in [0.1, 0.15) is 16.3 Å². The molecule has 2 heterocycles. The van der Waals surface area contributed by atoms with Crippen molar-refractivity contribution in [2.45, 2.75) is 6.67 Å². The standard InChI is InChI=1S/C15H15ClFN5O/c1-20(2)22-7-6-13-18-12(8-21(13)9-22)15(23)19-11-5-3-4-10(16)14(11)17/h3-8H,9H2,1-2H3,(H,19,23). The average molecular weight is 336 g/mol. The van der Waals surface area contributed by atoms with Gasteiger partial charge in [0.25, 0.3) is 5.91 Å². The SMILES string of the molecule is CN(C)N1C=Cc2nc(C(=O)Nc3cccc(Cl)c3F)cn2C1. The van der Waals surface area contributed by atoms with Crippen LogP contribution in [0.4, 0.5) is 10.1 Å². The lowest BCUT2D eigenvalue weighted by Crippen LogP contribution is -2.35. The van der Waals surface area contributed by atoms with Gasteiger partial charge in [0, 0.05) is 26.5 Å². The van der Waals surface area contributed by atoms with Crippen LogP contribution in [0.3, 0.4) is 0 Å². The molecule has 3 rings (SSSR count). The van der Waals surface area contributed by atoms with E-state index in [2.05, 4.69) is 10.3 Å². The number of rotatable bonds is 3. The number of aromatic nitrogens is 2. The summed E-state index contributed by atoms with van der Waals surface area (Å²) in [5.41, 5.74) is 0.239. The van der Waals surface area contributed by atoms with Crippen LogP contribution in [-0.2, 0) is 6.67 Å². The van der Waals surface area contributed by atoms with Crippen LogP contribution in [0.15, 0.2) is 30.6 Å². The van der Waals surface area contributed by atoms with Gasteiger partial charge in [-0.25, -0.2) is 14.4 Å². The Morgan fingerprint density at radius 1 is 1.43 bits per heavy atom. The van der Waals surface area contributed by atoms with E-state index in [1.165, 1.54) is 12.1 Å². The number of benzene rings is 1. The van der Waals surface area contributed by atoms with Gasteiger partial charge in [0.1, 0.15) is 18.2 Å². The molecule has 0 unspecified atom stereocenters. The van der Waals surface area contributed by atoms with Crippen molar-refractivity contribution in [2.24, 2.45) is 0 Å². The van der Waals surface area contributed by atoms with E-state index in [0.717, 1.165) is 0 Å². The fourth-order valence-electron chi connectivity index (χ4n) is 2.19. The third kappa shape index (κ3) is 3.06. The molecule has 0 atom stereocenters. The van der Waals surface area contributed by atoms with Crippen LogP contribution in [0.5, 0.6) is 0 Å². The molecule has 2 aromatic rings. The number of fused-ring (bicyclic) bond motifs is 1. The minimum absolute atomic E-state index is 0.0268. The zero-order valence-corrected chi connectivity index (χ0v) is 13.4. The molecule has 1 amide bonds. The van der Waals surface area contributed by atoms with E-state index in [9.17, 15) is 9.18 Å². The first kappa shape index (κ1) is 15.5. The Kier molecular flexibility index (Phi) is 4.06. The van der Waals surface area contributed by atoms with Crippen LogP contribution in [0.25, 0.3) is 6.08 Å². The van der Waals surface area contributed by atoms with Crippen molar-refractivity contribution in [1.82, 2.24) is 19.6 Å².